The lowest BCUT2D eigenvalue weighted by Crippen LogP contribution is -2.25. The SMILES string of the molecule is CCCNC(Cc1cccc(C)c1)c1ncccc1C. The molecule has 2 aromatic rings. The molecule has 1 aromatic carbocycles. The van der Waals surface area contributed by atoms with E-state index in [1.165, 1.54) is 22.4 Å². The molecule has 106 valence electrons. The van der Waals surface area contributed by atoms with Gasteiger partial charge in [0, 0.05) is 6.20 Å². The fraction of sp³-hybridized carbons (Fsp3) is 0.389. The van der Waals surface area contributed by atoms with Crippen LogP contribution in [0.4, 0.5) is 0 Å². The van der Waals surface area contributed by atoms with E-state index in [1.54, 1.807) is 0 Å². The Morgan fingerprint density at radius 2 is 2.00 bits per heavy atom. The summed E-state index contributed by atoms with van der Waals surface area (Å²) < 4.78 is 0. The Morgan fingerprint density at radius 3 is 2.70 bits per heavy atom. The zero-order chi connectivity index (χ0) is 14.4. The normalized spacial score (nSPS) is 12.3. The van der Waals surface area contributed by atoms with E-state index in [9.17, 15) is 0 Å². The Morgan fingerprint density at radius 1 is 1.15 bits per heavy atom. The largest absolute Gasteiger partial charge is 0.308 e. The molecule has 2 rings (SSSR count). The van der Waals surface area contributed by atoms with Crippen LogP contribution < -0.4 is 5.32 Å². The van der Waals surface area contributed by atoms with Gasteiger partial charge in [0.05, 0.1) is 11.7 Å². The molecule has 1 atom stereocenters. The summed E-state index contributed by atoms with van der Waals surface area (Å²) in [5.41, 5.74) is 5.11. The second-order valence-corrected chi connectivity index (χ2v) is 5.41. The molecular weight excluding hydrogens is 244 g/mol. The molecule has 0 aliphatic heterocycles. The lowest BCUT2D eigenvalue weighted by atomic mass is 9.99. The first-order chi connectivity index (χ1) is 9.70. The predicted octanol–water partition coefficient (Wildman–Crippen LogP) is 3.98. The van der Waals surface area contributed by atoms with E-state index in [0.717, 1.165) is 19.4 Å². The van der Waals surface area contributed by atoms with E-state index in [4.69, 9.17) is 0 Å². The number of rotatable bonds is 6. The molecular formula is C18H24N2. The minimum atomic E-state index is 0.290. The van der Waals surface area contributed by atoms with Crippen molar-refractivity contribution in [2.24, 2.45) is 0 Å². The molecule has 0 radical (unpaired) electrons. The molecule has 2 nitrogen and oxygen atoms in total. The summed E-state index contributed by atoms with van der Waals surface area (Å²) in [6, 6.07) is 13.2. The molecule has 0 spiro atoms. The first-order valence-electron chi connectivity index (χ1n) is 7.41. The Kier molecular flexibility index (Phi) is 5.31. The maximum Gasteiger partial charge on any atom is 0.0605 e. The number of benzene rings is 1. The highest BCUT2D eigenvalue weighted by Gasteiger charge is 2.15. The molecule has 1 heterocycles. The second-order valence-electron chi connectivity index (χ2n) is 5.41. The van der Waals surface area contributed by atoms with Gasteiger partial charge in [0.15, 0.2) is 0 Å². The van der Waals surface area contributed by atoms with Crippen LogP contribution in [0.3, 0.4) is 0 Å². The third-order valence-corrected chi connectivity index (χ3v) is 3.54. The summed E-state index contributed by atoms with van der Waals surface area (Å²) in [7, 11) is 0. The van der Waals surface area contributed by atoms with Crippen LogP contribution in [-0.4, -0.2) is 11.5 Å². The molecule has 0 fully saturated rings. The van der Waals surface area contributed by atoms with Crippen LogP contribution in [0, 0.1) is 13.8 Å². The van der Waals surface area contributed by atoms with Gasteiger partial charge in [0.25, 0.3) is 0 Å². The van der Waals surface area contributed by atoms with E-state index in [0.29, 0.717) is 0 Å². The van der Waals surface area contributed by atoms with Gasteiger partial charge in [-0.1, -0.05) is 42.8 Å². The minimum absolute atomic E-state index is 0.290. The van der Waals surface area contributed by atoms with Crippen molar-refractivity contribution in [1.29, 1.82) is 0 Å². The van der Waals surface area contributed by atoms with Crippen LogP contribution in [0.5, 0.6) is 0 Å². The maximum absolute atomic E-state index is 4.59. The summed E-state index contributed by atoms with van der Waals surface area (Å²) >= 11 is 0. The van der Waals surface area contributed by atoms with Gasteiger partial charge in [-0.05, 0) is 50.4 Å². The fourth-order valence-electron chi connectivity index (χ4n) is 2.52. The fourth-order valence-corrected chi connectivity index (χ4v) is 2.52. The molecule has 0 saturated carbocycles. The predicted molar refractivity (Wildman–Crippen MR) is 84.9 cm³/mol. The molecule has 0 saturated heterocycles. The van der Waals surface area contributed by atoms with Crippen LogP contribution in [0.15, 0.2) is 42.6 Å². The maximum atomic E-state index is 4.59. The molecule has 0 aliphatic carbocycles. The number of pyridine rings is 1. The topological polar surface area (TPSA) is 24.9 Å². The van der Waals surface area contributed by atoms with Crippen molar-refractivity contribution in [3.8, 4) is 0 Å². The van der Waals surface area contributed by atoms with Crippen molar-refractivity contribution in [2.45, 2.75) is 39.7 Å². The Hall–Kier alpha value is -1.67. The van der Waals surface area contributed by atoms with Gasteiger partial charge in [-0.25, -0.2) is 0 Å². The summed E-state index contributed by atoms with van der Waals surface area (Å²) in [4.78, 5) is 4.59. The molecule has 1 N–H and O–H groups in total. The highest BCUT2D eigenvalue weighted by Crippen LogP contribution is 2.20. The van der Waals surface area contributed by atoms with Crippen molar-refractivity contribution in [1.82, 2.24) is 10.3 Å². The van der Waals surface area contributed by atoms with Crippen LogP contribution in [0.1, 0.15) is 41.8 Å². The van der Waals surface area contributed by atoms with Gasteiger partial charge in [-0.3, -0.25) is 4.98 Å². The molecule has 20 heavy (non-hydrogen) atoms. The Balaban J connectivity index is 2.22. The standard InChI is InChI=1S/C18H24N2/c1-4-10-19-17(18-15(3)8-6-11-20-18)13-16-9-5-7-14(2)12-16/h5-9,11-12,17,19H,4,10,13H2,1-3H3. The van der Waals surface area contributed by atoms with Gasteiger partial charge >= 0.3 is 0 Å². The average molecular weight is 268 g/mol. The monoisotopic (exact) mass is 268 g/mol. The number of nitrogens with one attached hydrogen (secondary N) is 1. The first-order valence-corrected chi connectivity index (χ1v) is 7.41. The van der Waals surface area contributed by atoms with E-state index >= 15 is 0 Å². The van der Waals surface area contributed by atoms with Gasteiger partial charge < -0.3 is 5.32 Å². The van der Waals surface area contributed by atoms with Crippen molar-refractivity contribution in [3.05, 3.63) is 65.0 Å². The van der Waals surface area contributed by atoms with Gasteiger partial charge in [-0.15, -0.1) is 0 Å². The third kappa shape index (κ3) is 3.91. The van der Waals surface area contributed by atoms with E-state index in [2.05, 4.69) is 61.4 Å². The molecule has 0 bridgehead atoms. The average Bonchev–Trinajstić information content (AvgIpc) is 2.44. The van der Waals surface area contributed by atoms with Crippen LogP contribution in [0.2, 0.25) is 0 Å². The Labute approximate surface area is 122 Å². The zero-order valence-electron chi connectivity index (χ0n) is 12.7. The number of nitrogens with zero attached hydrogens (tertiary/aromatic N) is 1. The van der Waals surface area contributed by atoms with Crippen molar-refractivity contribution in [2.75, 3.05) is 6.54 Å². The lowest BCUT2D eigenvalue weighted by molar-refractivity contribution is 0.515. The van der Waals surface area contributed by atoms with Crippen LogP contribution in [0.25, 0.3) is 0 Å². The minimum Gasteiger partial charge on any atom is -0.308 e. The number of aryl methyl sites for hydroxylation is 2. The van der Waals surface area contributed by atoms with Crippen LogP contribution in [-0.2, 0) is 6.42 Å². The van der Waals surface area contributed by atoms with Gasteiger partial charge in [0.1, 0.15) is 0 Å². The number of hydrogen-bond donors (Lipinski definition) is 1. The van der Waals surface area contributed by atoms with Crippen molar-refractivity contribution >= 4 is 0 Å². The van der Waals surface area contributed by atoms with Gasteiger partial charge in [0.2, 0.25) is 0 Å². The number of hydrogen-bond acceptors (Lipinski definition) is 2. The van der Waals surface area contributed by atoms with Crippen molar-refractivity contribution in [3.63, 3.8) is 0 Å². The first kappa shape index (κ1) is 14.7. The van der Waals surface area contributed by atoms with E-state index in [1.807, 2.05) is 12.3 Å². The Bertz CT molecular complexity index is 549. The number of aromatic nitrogens is 1. The molecule has 1 unspecified atom stereocenters. The second kappa shape index (κ2) is 7.20. The molecule has 0 aliphatic rings. The van der Waals surface area contributed by atoms with Crippen molar-refractivity contribution < 1.29 is 0 Å². The highest BCUT2D eigenvalue weighted by atomic mass is 14.9. The van der Waals surface area contributed by atoms with Crippen LogP contribution >= 0.6 is 0 Å². The molecule has 1 aromatic heterocycles. The summed E-state index contributed by atoms with van der Waals surface area (Å²) in [6.45, 7) is 7.50. The lowest BCUT2D eigenvalue weighted by Gasteiger charge is -2.20. The quantitative estimate of drug-likeness (QED) is 0.857. The highest BCUT2D eigenvalue weighted by molar-refractivity contribution is 5.27. The summed E-state index contributed by atoms with van der Waals surface area (Å²) in [6.07, 6.45) is 4.01. The third-order valence-electron chi connectivity index (χ3n) is 3.54. The zero-order valence-corrected chi connectivity index (χ0v) is 12.7. The molecule has 2 heteroatoms. The summed E-state index contributed by atoms with van der Waals surface area (Å²) in [5.74, 6) is 0. The van der Waals surface area contributed by atoms with Gasteiger partial charge in [-0.2, -0.15) is 0 Å². The van der Waals surface area contributed by atoms with E-state index in [-0.39, 0.29) is 6.04 Å². The molecule has 0 amide bonds. The smallest absolute Gasteiger partial charge is 0.0605 e. The van der Waals surface area contributed by atoms with E-state index < -0.39 is 0 Å². The summed E-state index contributed by atoms with van der Waals surface area (Å²) in [5, 5.41) is 3.63.